The van der Waals surface area contributed by atoms with E-state index in [-0.39, 0.29) is 87.8 Å². The van der Waals surface area contributed by atoms with Crippen molar-refractivity contribution in [1.29, 1.82) is 0 Å². The van der Waals surface area contributed by atoms with Crippen molar-refractivity contribution in [3.63, 3.8) is 0 Å². The maximum absolute atomic E-state index is 12.8. The minimum absolute atomic E-state index is 0. The number of imidazole rings is 4. The molecule has 15 heterocycles. The van der Waals surface area contributed by atoms with Crippen LogP contribution in [0.25, 0.3) is 67.1 Å². The Morgan fingerprint density at radius 2 is 0.778 bits per heavy atom. The molecule has 30 nitrogen and oxygen atoms in total. The molecule has 4 aliphatic heterocycles. The summed E-state index contributed by atoms with van der Waals surface area (Å²) in [5.74, 6) is 15.3. The van der Waals surface area contributed by atoms with Crippen molar-refractivity contribution in [3.05, 3.63) is 343 Å². The first kappa shape index (κ1) is 103. The van der Waals surface area contributed by atoms with Gasteiger partial charge in [-0.05, 0) is 234 Å². The van der Waals surface area contributed by atoms with E-state index in [9.17, 15) is 33.6 Å². The molecule has 7 amide bonds. The lowest BCUT2D eigenvalue weighted by Gasteiger charge is -2.34. The fourth-order valence-corrected chi connectivity index (χ4v) is 18.8. The number of amides is 7. The van der Waals surface area contributed by atoms with Crippen LogP contribution in [0.4, 0.5) is 17.5 Å². The third kappa shape index (κ3) is 22.6. The number of likely N-dealkylation sites (tertiary alicyclic amines) is 4. The molecule has 144 heavy (non-hydrogen) atoms. The number of anilines is 3. The van der Waals surface area contributed by atoms with Crippen LogP contribution >= 0.6 is 0 Å². The first-order valence-electron chi connectivity index (χ1n) is 47.2. The number of rotatable bonds is 19. The molecule has 20 rings (SSSR count). The van der Waals surface area contributed by atoms with E-state index in [1.165, 1.54) is 17.7 Å². The SMILES string of the molecule is C.C.C.C=CC(=O)N1CCCC[C@H]1c1nc(-c2ccc(C(=O)Nc3ccccn3)cc2)c2c(C)nccn12.C=CC(=O)N1CCC[C@H]1c1nc(-c2ccc(C(=O)Nc3ccccn3)cc2)c2cncc(C)n12.CC#CC(=O)N1CCCC[C@H]1c1nc(-c2ccc(C(=O)Nc3ccccn3)cc2)c2c(C)nccn12.CC#CC(=O)N1CCCC[C@H]1c1nc(-c2cccc(OCc3cccc(C)c3)c2)c2c(C)nccn12. The molecule has 0 aliphatic carbocycles. The number of hydrogen-bond donors (Lipinski definition) is 3. The summed E-state index contributed by atoms with van der Waals surface area (Å²) in [7, 11) is 0. The molecular weight excluding hydrogens is 1810 g/mol. The molecule has 0 radical (unpaired) electrons. The first-order chi connectivity index (χ1) is 68.7. The monoisotopic (exact) mass is 1920 g/mol. The summed E-state index contributed by atoms with van der Waals surface area (Å²) in [5.41, 5.74) is 17.7. The summed E-state index contributed by atoms with van der Waals surface area (Å²) in [5, 5.41) is 8.39. The van der Waals surface area contributed by atoms with Crippen molar-refractivity contribution in [2.24, 2.45) is 0 Å². The van der Waals surface area contributed by atoms with Gasteiger partial charge in [0.2, 0.25) is 11.8 Å². The summed E-state index contributed by atoms with van der Waals surface area (Å²) in [6, 6.07) is 53.8. The van der Waals surface area contributed by atoms with E-state index in [1.807, 2.05) is 160 Å². The van der Waals surface area contributed by atoms with Gasteiger partial charge in [0.1, 0.15) is 53.1 Å². The van der Waals surface area contributed by atoms with E-state index < -0.39 is 0 Å². The number of hydrogen-bond acceptors (Lipinski definition) is 19. The maximum Gasteiger partial charge on any atom is 0.299 e. The minimum Gasteiger partial charge on any atom is -0.489 e. The largest absolute Gasteiger partial charge is 0.489 e. The average Bonchev–Trinajstić information content (AvgIpc) is 1.62. The normalized spacial score (nSPS) is 15.1. The van der Waals surface area contributed by atoms with Gasteiger partial charge >= 0.3 is 0 Å². The number of benzene rings is 5. The van der Waals surface area contributed by atoms with Crippen LogP contribution in [0.3, 0.4) is 0 Å². The van der Waals surface area contributed by atoms with Crippen LogP contribution in [0.15, 0.2) is 269 Å². The van der Waals surface area contributed by atoms with Crippen LogP contribution in [-0.2, 0) is 25.8 Å². The molecule has 732 valence electrons. The molecular formula is C114H118N22O8. The number of ether oxygens (including phenoxy) is 1. The number of aryl methyl sites for hydroxylation is 5. The highest BCUT2D eigenvalue weighted by Crippen LogP contribution is 2.42. The van der Waals surface area contributed by atoms with Crippen LogP contribution < -0.4 is 20.7 Å². The van der Waals surface area contributed by atoms with Crippen molar-refractivity contribution in [3.8, 4) is 74.5 Å². The van der Waals surface area contributed by atoms with Gasteiger partial charge in [-0.25, -0.2) is 34.9 Å². The molecule has 16 aromatic rings. The molecule has 4 fully saturated rings. The van der Waals surface area contributed by atoms with E-state index in [0.717, 1.165) is 195 Å². The molecule has 5 aromatic carbocycles. The quantitative estimate of drug-likeness (QED) is 0.0500. The number of nitrogens with zero attached hydrogens (tertiary/aromatic N) is 19. The second-order valence-corrected chi connectivity index (χ2v) is 34.7. The fourth-order valence-electron chi connectivity index (χ4n) is 18.8. The van der Waals surface area contributed by atoms with Crippen LogP contribution in [0.5, 0.6) is 5.75 Å². The second kappa shape index (κ2) is 47.1. The summed E-state index contributed by atoms with van der Waals surface area (Å²) < 4.78 is 14.4. The Morgan fingerprint density at radius 1 is 0.396 bits per heavy atom. The van der Waals surface area contributed by atoms with Crippen LogP contribution in [0, 0.1) is 58.3 Å². The van der Waals surface area contributed by atoms with E-state index >= 15 is 0 Å². The topological polar surface area (TPSA) is 337 Å². The van der Waals surface area contributed by atoms with Crippen molar-refractivity contribution in [2.45, 2.75) is 172 Å². The van der Waals surface area contributed by atoms with Crippen LogP contribution in [0.2, 0.25) is 0 Å². The summed E-state index contributed by atoms with van der Waals surface area (Å²) >= 11 is 0. The molecule has 4 atom stereocenters. The Hall–Kier alpha value is -17.3. The number of aromatic nitrogens is 15. The van der Waals surface area contributed by atoms with Crippen LogP contribution in [-0.4, -0.2) is 160 Å². The number of carbonyl (C=O) groups excluding carboxylic acids is 7. The van der Waals surface area contributed by atoms with Gasteiger partial charge in [-0.1, -0.05) is 144 Å². The van der Waals surface area contributed by atoms with Gasteiger partial charge in [0, 0.05) is 133 Å². The molecule has 4 saturated heterocycles. The highest BCUT2D eigenvalue weighted by molar-refractivity contribution is 6.06. The van der Waals surface area contributed by atoms with Gasteiger partial charge in [-0.15, -0.1) is 0 Å². The molecule has 30 heteroatoms. The number of carbonyl (C=O) groups is 7. The van der Waals surface area contributed by atoms with Gasteiger partial charge in [0.15, 0.2) is 0 Å². The zero-order valence-corrected chi connectivity index (χ0v) is 79.5. The predicted octanol–water partition coefficient (Wildman–Crippen LogP) is 20.8. The minimum atomic E-state index is -0.234. The second-order valence-electron chi connectivity index (χ2n) is 34.7. The van der Waals surface area contributed by atoms with Crippen molar-refractivity contribution >= 4 is 80.9 Å². The zero-order chi connectivity index (χ0) is 98.2. The van der Waals surface area contributed by atoms with Gasteiger partial charge in [0.25, 0.3) is 29.5 Å². The highest BCUT2D eigenvalue weighted by atomic mass is 16.5. The Balaban J connectivity index is 0.000000151. The smallest absolute Gasteiger partial charge is 0.299 e. The molecule has 0 unspecified atom stereocenters. The van der Waals surface area contributed by atoms with E-state index in [4.69, 9.17) is 24.7 Å². The first-order valence-corrected chi connectivity index (χ1v) is 47.2. The molecule has 4 aliphatic rings. The lowest BCUT2D eigenvalue weighted by Crippen LogP contribution is -2.38. The van der Waals surface area contributed by atoms with Gasteiger partial charge < -0.3 is 40.3 Å². The summed E-state index contributed by atoms with van der Waals surface area (Å²) in [6.07, 6.45) is 32.5. The van der Waals surface area contributed by atoms with E-state index in [2.05, 4.69) is 122 Å². The predicted molar refractivity (Wildman–Crippen MR) is 561 cm³/mol. The fraction of sp³-hybridized carbons (Fsp3) is 0.263. The molecule has 0 spiro atoms. The Kier molecular flexibility index (Phi) is 33.6. The molecule has 3 N–H and O–H groups in total. The van der Waals surface area contributed by atoms with Gasteiger partial charge in [0.05, 0.1) is 92.3 Å². The lowest BCUT2D eigenvalue weighted by molar-refractivity contribution is -0.130. The van der Waals surface area contributed by atoms with Crippen molar-refractivity contribution < 1.29 is 38.3 Å². The lowest BCUT2D eigenvalue weighted by atomic mass is 10.0. The Bertz CT molecular complexity index is 7500. The van der Waals surface area contributed by atoms with Crippen molar-refractivity contribution in [1.82, 2.24) is 92.0 Å². The number of fused-ring (bicyclic) bond motifs is 4. The molecule has 0 saturated carbocycles. The standard InChI is InChI=1S/C30H30N4O2.C28H26N6O2.C27H26N6O2.C26H24N6O2.3CH4/c1-4-9-27(35)33-16-6-5-14-26(33)30-32-28(29-22(3)31-15-17-34(29)30)24-12-8-13-25(19-24)36-20-23-11-7-10-21(2)18-23;1-3-8-24(35)33-17-7-5-9-22(33)27-32-25(26-19(2)29-16-18-34(26)27)20-11-13-21(14-12-20)28(36)31-23-10-4-6-15-30-23;1-3-23(34)32-16-7-5-8-21(32)26-31-24(25-18(2)28-15-17-33(25)26)19-10-12-20(13-11-19)27(35)30-22-9-4-6-14-29-22;1-3-23(33)31-14-6-7-20(31)25-30-24(21-16-27-15-17(2)32(21)25)18-9-11-19(12-10-18)26(34)29-22-8-4-5-13-28-22;;;/h7-8,10-13,15,17-19,26H,5-6,14,16,20H2,1-3H3;4,6,10-16,18,22H,5,7,9,17H2,1-2H3,(H,30,31,36);3-4,6,9-15,17,21H,1,5,7-8,16H2,2H3,(H,29,30,35);3-5,8-13,15-16,20H,1,6-7,14H2,2H3,(H,28,29,34);3*1H4/t26-;22-;21-;20-;;;/m0000.../s1. The number of piperidine rings is 3. The third-order valence-corrected chi connectivity index (χ3v) is 25.5. The Morgan fingerprint density at radius 3 is 1.19 bits per heavy atom. The Labute approximate surface area is 838 Å². The zero-order valence-electron chi connectivity index (χ0n) is 79.5. The van der Waals surface area contributed by atoms with Gasteiger partial charge in [-0.2, -0.15) is 0 Å². The number of pyridine rings is 3. The average molecular weight is 1920 g/mol. The van der Waals surface area contributed by atoms with Crippen LogP contribution in [0.1, 0.15) is 219 Å². The van der Waals surface area contributed by atoms with Crippen molar-refractivity contribution in [2.75, 3.05) is 42.1 Å². The third-order valence-electron chi connectivity index (χ3n) is 25.5. The van der Waals surface area contributed by atoms with E-state index in [0.29, 0.717) is 66.9 Å². The summed E-state index contributed by atoms with van der Waals surface area (Å²) in [6.45, 7) is 23.9. The number of nitrogens with one attached hydrogen (secondary N) is 3. The maximum atomic E-state index is 12.8. The summed E-state index contributed by atoms with van der Waals surface area (Å²) in [4.78, 5) is 146. The molecule has 0 bridgehead atoms. The van der Waals surface area contributed by atoms with E-state index in [1.54, 1.807) is 136 Å². The highest BCUT2D eigenvalue weighted by Gasteiger charge is 2.38. The molecule has 11 aromatic heterocycles. The van der Waals surface area contributed by atoms with Gasteiger partial charge in [-0.3, -0.25) is 71.1 Å².